The van der Waals surface area contributed by atoms with E-state index >= 15 is 0 Å². The van der Waals surface area contributed by atoms with Crippen molar-refractivity contribution in [3.63, 3.8) is 0 Å². The first kappa shape index (κ1) is 32.5. The zero-order valence-electron chi connectivity index (χ0n) is 25.2. The van der Waals surface area contributed by atoms with Crippen molar-refractivity contribution in [3.8, 4) is 11.5 Å². The molecule has 0 saturated carbocycles. The molecule has 1 aromatic heterocycles. The third-order valence-electron chi connectivity index (χ3n) is 7.66. The van der Waals surface area contributed by atoms with Crippen LogP contribution in [0.3, 0.4) is 0 Å². The van der Waals surface area contributed by atoms with Crippen LogP contribution in [-0.4, -0.2) is 92.3 Å². The van der Waals surface area contributed by atoms with E-state index in [-0.39, 0.29) is 5.91 Å². The topological polar surface area (TPSA) is 121 Å². The predicted octanol–water partition coefficient (Wildman–Crippen LogP) is 4.59. The highest BCUT2D eigenvalue weighted by atomic mass is 35.5. The normalized spacial score (nSPS) is 16.4. The smallest absolute Gasteiger partial charge is 0.247 e. The minimum absolute atomic E-state index is 0.346. The van der Waals surface area contributed by atoms with Crippen molar-refractivity contribution in [2.45, 2.75) is 12.6 Å². The molecule has 2 aromatic carbocycles. The number of aromatic nitrogens is 2. The van der Waals surface area contributed by atoms with Crippen LogP contribution in [0.5, 0.6) is 11.5 Å². The zero-order chi connectivity index (χ0) is 31.9. The summed E-state index contributed by atoms with van der Waals surface area (Å²) in [6.45, 7) is 8.60. The maximum atomic E-state index is 11.9. The van der Waals surface area contributed by atoms with Gasteiger partial charge in [0.2, 0.25) is 11.9 Å². The highest BCUT2D eigenvalue weighted by Crippen LogP contribution is 2.42. The lowest BCUT2D eigenvalue weighted by Crippen LogP contribution is -2.41. The fourth-order valence-electron chi connectivity index (χ4n) is 5.22. The first-order chi connectivity index (χ1) is 21.8. The Hall–Kier alpha value is -3.87. The van der Waals surface area contributed by atoms with E-state index in [1.165, 1.54) is 13.2 Å². The van der Waals surface area contributed by atoms with Crippen molar-refractivity contribution < 1.29 is 24.1 Å². The van der Waals surface area contributed by atoms with Gasteiger partial charge in [0.1, 0.15) is 17.3 Å². The van der Waals surface area contributed by atoms with Crippen LogP contribution < -0.4 is 25.0 Å². The molecule has 3 N–H and O–H groups in total. The van der Waals surface area contributed by atoms with Crippen LogP contribution in [0.1, 0.15) is 16.7 Å². The summed E-state index contributed by atoms with van der Waals surface area (Å²) in [6.07, 6.45) is 4.16. The van der Waals surface area contributed by atoms with Gasteiger partial charge in [0.25, 0.3) is 0 Å². The molecular weight excluding hydrogens is 619 g/mol. The summed E-state index contributed by atoms with van der Waals surface area (Å²) >= 11 is 13.2. The van der Waals surface area contributed by atoms with Gasteiger partial charge in [-0.25, -0.2) is 4.98 Å². The zero-order valence-corrected chi connectivity index (χ0v) is 26.7. The largest absolute Gasteiger partial charge is 0.497 e. The Morgan fingerprint density at radius 3 is 2.69 bits per heavy atom. The lowest BCUT2D eigenvalue weighted by Gasteiger charge is -2.36. The fraction of sp³-hybridized carbons (Fsp3) is 0.344. The number of rotatable bonds is 12. The average Bonchev–Trinajstić information content (AvgIpc) is 3.06. The van der Waals surface area contributed by atoms with Crippen molar-refractivity contribution in [1.29, 1.82) is 0 Å². The molecule has 0 radical (unpaired) electrons. The maximum absolute atomic E-state index is 11.9. The number of aliphatic hydroxyl groups excluding tert-OH is 1. The molecule has 5 rings (SSSR count). The molecule has 0 bridgehead atoms. The number of halogens is 2. The van der Waals surface area contributed by atoms with Crippen molar-refractivity contribution in [2.75, 3.05) is 75.7 Å². The summed E-state index contributed by atoms with van der Waals surface area (Å²) in [7, 11) is 3.08. The van der Waals surface area contributed by atoms with Gasteiger partial charge in [-0.15, -0.1) is 0 Å². The van der Waals surface area contributed by atoms with Crippen molar-refractivity contribution in [1.82, 2.24) is 14.9 Å². The third kappa shape index (κ3) is 7.69. The summed E-state index contributed by atoms with van der Waals surface area (Å²) in [5.41, 5.74) is 3.21. The van der Waals surface area contributed by atoms with Gasteiger partial charge in [-0.1, -0.05) is 35.8 Å². The molecule has 0 spiro atoms. The van der Waals surface area contributed by atoms with Gasteiger partial charge in [0, 0.05) is 61.7 Å². The maximum Gasteiger partial charge on any atom is 0.247 e. The monoisotopic (exact) mass is 654 g/mol. The molecule has 45 heavy (non-hydrogen) atoms. The molecular formula is C32H36Cl2N6O5. The second-order valence-corrected chi connectivity index (χ2v) is 11.3. The Balaban J connectivity index is 1.44. The second-order valence-electron chi connectivity index (χ2n) is 10.5. The number of carbonyl (C=O) groups is 1. The summed E-state index contributed by atoms with van der Waals surface area (Å²) in [6, 6.07) is 8.86. The third-order valence-corrected chi connectivity index (χ3v) is 8.37. The number of amides is 1. The number of nitrogens with zero attached hydrogens (tertiary/aromatic N) is 4. The Morgan fingerprint density at radius 2 is 1.98 bits per heavy atom. The van der Waals surface area contributed by atoms with Crippen LogP contribution in [0.2, 0.25) is 10.0 Å². The Kier molecular flexibility index (Phi) is 10.8. The number of anilines is 3. The van der Waals surface area contributed by atoms with Crippen LogP contribution in [0.25, 0.3) is 11.6 Å². The van der Waals surface area contributed by atoms with E-state index in [0.717, 1.165) is 38.4 Å². The van der Waals surface area contributed by atoms with E-state index in [1.54, 1.807) is 37.6 Å². The summed E-state index contributed by atoms with van der Waals surface area (Å²) in [5.74, 6) is 1.64. The van der Waals surface area contributed by atoms with E-state index in [1.807, 2.05) is 17.0 Å². The van der Waals surface area contributed by atoms with Gasteiger partial charge < -0.3 is 34.9 Å². The molecule has 3 heterocycles. The van der Waals surface area contributed by atoms with Crippen LogP contribution in [0.15, 0.2) is 49.2 Å². The molecule has 1 fully saturated rings. The molecule has 2 aliphatic heterocycles. The van der Waals surface area contributed by atoms with Crippen LogP contribution in [-0.2, 0) is 16.0 Å². The Morgan fingerprint density at radius 1 is 1.18 bits per heavy atom. The SMILES string of the molecule is C=CC(=O)Nc1ccc(CCN2c3nc(NCCN4CCOCC4)ncc3C=C(c3cc(OC)cc(OC)c3Cl)C2O)cc1Cl. The fourth-order valence-corrected chi connectivity index (χ4v) is 5.76. The number of morpholine rings is 1. The van der Waals surface area contributed by atoms with Gasteiger partial charge >= 0.3 is 0 Å². The van der Waals surface area contributed by atoms with E-state index < -0.39 is 6.23 Å². The van der Waals surface area contributed by atoms with Crippen LogP contribution >= 0.6 is 23.2 Å². The second kappa shape index (κ2) is 14.9. The van der Waals surface area contributed by atoms with E-state index in [2.05, 4.69) is 27.1 Å². The number of ether oxygens (including phenoxy) is 3. The molecule has 0 aliphatic carbocycles. The Bertz CT molecular complexity index is 1580. The van der Waals surface area contributed by atoms with Gasteiger partial charge in [-0.3, -0.25) is 9.69 Å². The molecule has 1 saturated heterocycles. The number of carbonyl (C=O) groups excluding carboxylic acids is 1. The molecule has 238 valence electrons. The number of nitrogens with one attached hydrogen (secondary N) is 2. The highest BCUT2D eigenvalue weighted by Gasteiger charge is 2.31. The Labute approximate surface area is 272 Å². The number of hydrogen-bond donors (Lipinski definition) is 3. The number of hydrogen-bond acceptors (Lipinski definition) is 10. The molecule has 11 nitrogen and oxygen atoms in total. The van der Waals surface area contributed by atoms with E-state index in [0.29, 0.717) is 75.2 Å². The average molecular weight is 656 g/mol. The molecule has 13 heteroatoms. The molecule has 3 aromatic rings. The quantitative estimate of drug-likeness (QED) is 0.239. The first-order valence-corrected chi connectivity index (χ1v) is 15.3. The predicted molar refractivity (Wildman–Crippen MR) is 178 cm³/mol. The van der Waals surface area contributed by atoms with Gasteiger partial charge in [0.05, 0.1) is 43.2 Å². The molecule has 1 unspecified atom stereocenters. The molecule has 2 aliphatic rings. The highest BCUT2D eigenvalue weighted by molar-refractivity contribution is 6.34. The van der Waals surface area contributed by atoms with E-state index in [9.17, 15) is 9.90 Å². The molecule has 1 atom stereocenters. The summed E-state index contributed by atoms with van der Waals surface area (Å²) < 4.78 is 16.4. The minimum atomic E-state index is -1.11. The van der Waals surface area contributed by atoms with Crippen molar-refractivity contribution in [3.05, 3.63) is 75.9 Å². The first-order valence-electron chi connectivity index (χ1n) is 14.5. The van der Waals surface area contributed by atoms with Crippen LogP contribution in [0.4, 0.5) is 17.5 Å². The summed E-state index contributed by atoms with van der Waals surface area (Å²) in [5, 5.41) is 18.6. The number of methoxy groups -OCH3 is 2. The van der Waals surface area contributed by atoms with Gasteiger partial charge in [-0.2, -0.15) is 4.98 Å². The van der Waals surface area contributed by atoms with Crippen molar-refractivity contribution >= 4 is 58.2 Å². The summed E-state index contributed by atoms with van der Waals surface area (Å²) in [4.78, 5) is 25.3. The number of benzene rings is 2. The lowest BCUT2D eigenvalue weighted by atomic mass is 9.96. The van der Waals surface area contributed by atoms with Gasteiger partial charge in [0.15, 0.2) is 6.23 Å². The standard InChI is InChI=1S/C32H36Cl2N6O5/c1-4-28(41)37-26-6-5-20(15-25(26)33)7-9-40-30-21(19-36-32(38-30)35-8-10-39-11-13-45-14-12-39)16-24(31(40)42)23-17-22(43-2)18-27(44-3)29(23)34/h4-6,15-19,31,42H,1,7-14H2,2-3H3,(H,37,41)(H,35,36,38). The van der Waals surface area contributed by atoms with E-state index in [4.69, 9.17) is 42.4 Å². The number of fused-ring (bicyclic) bond motifs is 1. The van der Waals surface area contributed by atoms with Crippen molar-refractivity contribution in [2.24, 2.45) is 0 Å². The van der Waals surface area contributed by atoms with Crippen LogP contribution in [0, 0.1) is 0 Å². The lowest BCUT2D eigenvalue weighted by molar-refractivity contribution is -0.111. The van der Waals surface area contributed by atoms with Gasteiger partial charge in [-0.05, 0) is 42.3 Å². The number of aliphatic hydroxyl groups is 1. The molecule has 1 amide bonds. The minimum Gasteiger partial charge on any atom is -0.497 e.